The van der Waals surface area contributed by atoms with Crippen molar-refractivity contribution in [3.8, 4) is 0 Å². The lowest BCUT2D eigenvalue weighted by molar-refractivity contribution is -0.140. The molecular formula is C12H16N2O5S. The standard InChI is InChI=1S/C12H16N2O5S/c1-8(12(16)17)7-14(9(2)15)10-3-5-11(6-4-10)20(13,18)19/h3-6,8H,7H2,1-2H3,(H,16,17)(H2,13,18,19). The van der Waals surface area contributed by atoms with Crippen LogP contribution < -0.4 is 10.0 Å². The van der Waals surface area contributed by atoms with Crippen LogP contribution in [0.2, 0.25) is 0 Å². The second-order valence-corrected chi connectivity index (χ2v) is 5.97. The van der Waals surface area contributed by atoms with Crippen LogP contribution >= 0.6 is 0 Å². The van der Waals surface area contributed by atoms with E-state index in [0.717, 1.165) is 0 Å². The van der Waals surface area contributed by atoms with Crippen molar-refractivity contribution in [3.63, 3.8) is 0 Å². The Balaban J connectivity index is 3.05. The van der Waals surface area contributed by atoms with Crippen molar-refractivity contribution in [1.29, 1.82) is 0 Å². The third kappa shape index (κ3) is 4.04. The third-order valence-electron chi connectivity index (χ3n) is 2.74. The van der Waals surface area contributed by atoms with Crippen LogP contribution in [0.1, 0.15) is 13.8 Å². The number of carbonyl (C=O) groups excluding carboxylic acids is 1. The molecule has 0 spiro atoms. The molecule has 0 heterocycles. The number of carboxylic acids is 1. The van der Waals surface area contributed by atoms with E-state index in [1.54, 1.807) is 0 Å². The van der Waals surface area contributed by atoms with Crippen molar-refractivity contribution < 1.29 is 23.1 Å². The highest BCUT2D eigenvalue weighted by atomic mass is 32.2. The highest BCUT2D eigenvalue weighted by Gasteiger charge is 2.20. The molecule has 1 atom stereocenters. The van der Waals surface area contributed by atoms with Crippen LogP contribution in [-0.2, 0) is 19.6 Å². The Labute approximate surface area is 117 Å². The summed E-state index contributed by atoms with van der Waals surface area (Å²) in [6.45, 7) is 2.79. The molecule has 0 aliphatic carbocycles. The Bertz CT molecular complexity index is 609. The summed E-state index contributed by atoms with van der Waals surface area (Å²) in [4.78, 5) is 23.6. The van der Waals surface area contributed by atoms with Gasteiger partial charge in [-0.1, -0.05) is 6.92 Å². The molecule has 1 aromatic carbocycles. The largest absolute Gasteiger partial charge is 0.481 e. The van der Waals surface area contributed by atoms with Gasteiger partial charge in [-0.25, -0.2) is 13.6 Å². The molecule has 3 N–H and O–H groups in total. The molecule has 0 radical (unpaired) electrons. The summed E-state index contributed by atoms with van der Waals surface area (Å²) >= 11 is 0. The van der Waals surface area contributed by atoms with Crippen molar-refractivity contribution in [2.45, 2.75) is 18.7 Å². The van der Waals surface area contributed by atoms with E-state index in [-0.39, 0.29) is 17.3 Å². The molecule has 0 fully saturated rings. The lowest BCUT2D eigenvalue weighted by atomic mass is 10.1. The first-order valence-electron chi connectivity index (χ1n) is 5.76. The second kappa shape index (κ2) is 6.02. The highest BCUT2D eigenvalue weighted by Crippen LogP contribution is 2.19. The van der Waals surface area contributed by atoms with Crippen LogP contribution in [-0.4, -0.2) is 31.9 Å². The minimum atomic E-state index is -3.80. The van der Waals surface area contributed by atoms with Crippen molar-refractivity contribution in [1.82, 2.24) is 0 Å². The van der Waals surface area contributed by atoms with Gasteiger partial charge in [-0.2, -0.15) is 0 Å². The van der Waals surface area contributed by atoms with Crippen LogP contribution in [0.15, 0.2) is 29.2 Å². The number of carbonyl (C=O) groups is 2. The van der Waals surface area contributed by atoms with Gasteiger partial charge in [0.15, 0.2) is 0 Å². The number of hydrogen-bond donors (Lipinski definition) is 2. The number of sulfonamides is 1. The van der Waals surface area contributed by atoms with Gasteiger partial charge in [-0.15, -0.1) is 0 Å². The minimum Gasteiger partial charge on any atom is -0.481 e. The summed E-state index contributed by atoms with van der Waals surface area (Å²) in [5.74, 6) is -2.09. The van der Waals surface area contributed by atoms with Gasteiger partial charge in [-0.3, -0.25) is 9.59 Å². The van der Waals surface area contributed by atoms with E-state index in [4.69, 9.17) is 10.2 Å². The zero-order chi connectivity index (χ0) is 15.5. The maximum Gasteiger partial charge on any atom is 0.308 e. The molecule has 7 nitrogen and oxygen atoms in total. The van der Waals surface area contributed by atoms with E-state index in [9.17, 15) is 18.0 Å². The van der Waals surface area contributed by atoms with Crippen LogP contribution in [0.5, 0.6) is 0 Å². The number of anilines is 1. The predicted octanol–water partition coefficient (Wildman–Crippen LogP) is 0.408. The molecule has 0 aliphatic heterocycles. The van der Waals surface area contributed by atoms with Gasteiger partial charge in [0.25, 0.3) is 0 Å². The van der Waals surface area contributed by atoms with E-state index in [1.165, 1.54) is 43.0 Å². The number of nitrogens with two attached hydrogens (primary N) is 1. The lowest BCUT2D eigenvalue weighted by Gasteiger charge is -2.23. The molecule has 20 heavy (non-hydrogen) atoms. The normalized spacial score (nSPS) is 12.8. The first kappa shape index (κ1) is 16.1. The number of carboxylic acid groups (broad SMARTS) is 1. The molecule has 1 rings (SSSR count). The Hall–Kier alpha value is -1.93. The maximum atomic E-state index is 11.6. The number of amides is 1. The van der Waals surface area contributed by atoms with Crippen LogP contribution in [0, 0.1) is 5.92 Å². The average Bonchev–Trinajstić information content (AvgIpc) is 2.34. The predicted molar refractivity (Wildman–Crippen MR) is 72.6 cm³/mol. The van der Waals surface area contributed by atoms with E-state index in [1.807, 2.05) is 0 Å². The summed E-state index contributed by atoms with van der Waals surface area (Å²) in [7, 11) is -3.80. The molecule has 0 aromatic heterocycles. The van der Waals surface area contributed by atoms with Crippen molar-refractivity contribution in [2.24, 2.45) is 11.1 Å². The van der Waals surface area contributed by atoms with Crippen LogP contribution in [0.3, 0.4) is 0 Å². The molecular weight excluding hydrogens is 284 g/mol. The molecule has 1 aromatic rings. The van der Waals surface area contributed by atoms with Gasteiger partial charge in [0, 0.05) is 19.2 Å². The fourth-order valence-electron chi connectivity index (χ4n) is 1.58. The Kier molecular flexibility index (Phi) is 4.85. The number of benzene rings is 1. The highest BCUT2D eigenvalue weighted by molar-refractivity contribution is 7.89. The molecule has 8 heteroatoms. The molecule has 1 unspecified atom stereocenters. The first-order valence-corrected chi connectivity index (χ1v) is 7.31. The molecule has 0 saturated carbocycles. The topological polar surface area (TPSA) is 118 Å². The van der Waals surface area contributed by atoms with Gasteiger partial charge in [0.05, 0.1) is 10.8 Å². The van der Waals surface area contributed by atoms with Gasteiger partial charge >= 0.3 is 5.97 Å². The van der Waals surface area contributed by atoms with Gasteiger partial charge in [0.2, 0.25) is 15.9 Å². The zero-order valence-electron chi connectivity index (χ0n) is 11.1. The fourth-order valence-corrected chi connectivity index (χ4v) is 2.10. The number of hydrogen-bond acceptors (Lipinski definition) is 4. The lowest BCUT2D eigenvalue weighted by Crippen LogP contribution is -2.35. The second-order valence-electron chi connectivity index (χ2n) is 4.41. The minimum absolute atomic E-state index is 0.000607. The average molecular weight is 300 g/mol. The number of aliphatic carboxylic acids is 1. The molecule has 0 saturated heterocycles. The van der Waals surface area contributed by atoms with Crippen LogP contribution in [0.25, 0.3) is 0 Å². The van der Waals surface area contributed by atoms with Gasteiger partial charge in [-0.05, 0) is 24.3 Å². The summed E-state index contributed by atoms with van der Waals surface area (Å²) in [6.07, 6.45) is 0. The monoisotopic (exact) mass is 300 g/mol. The summed E-state index contributed by atoms with van der Waals surface area (Å²) in [6, 6.07) is 5.36. The first-order chi connectivity index (χ1) is 9.12. The van der Waals surface area contributed by atoms with Crippen molar-refractivity contribution >= 4 is 27.6 Å². The Morgan fingerprint density at radius 3 is 2.15 bits per heavy atom. The molecule has 0 bridgehead atoms. The summed E-state index contributed by atoms with van der Waals surface area (Å²) in [5.41, 5.74) is 0.415. The summed E-state index contributed by atoms with van der Waals surface area (Å²) < 4.78 is 22.3. The smallest absolute Gasteiger partial charge is 0.308 e. The van der Waals surface area contributed by atoms with E-state index in [2.05, 4.69) is 0 Å². The number of primary sulfonamides is 1. The zero-order valence-corrected chi connectivity index (χ0v) is 11.9. The van der Waals surface area contributed by atoms with Crippen molar-refractivity contribution in [3.05, 3.63) is 24.3 Å². The Morgan fingerprint density at radius 2 is 1.80 bits per heavy atom. The molecule has 110 valence electrons. The van der Waals surface area contributed by atoms with E-state index < -0.39 is 21.9 Å². The molecule has 0 aliphatic rings. The molecule has 1 amide bonds. The van der Waals surface area contributed by atoms with Crippen LogP contribution in [0.4, 0.5) is 5.69 Å². The fraction of sp³-hybridized carbons (Fsp3) is 0.333. The number of nitrogens with zero attached hydrogens (tertiary/aromatic N) is 1. The van der Waals surface area contributed by atoms with E-state index >= 15 is 0 Å². The number of rotatable bonds is 5. The third-order valence-corrected chi connectivity index (χ3v) is 3.66. The summed E-state index contributed by atoms with van der Waals surface area (Å²) in [5, 5.41) is 13.9. The van der Waals surface area contributed by atoms with Crippen molar-refractivity contribution in [2.75, 3.05) is 11.4 Å². The van der Waals surface area contributed by atoms with Gasteiger partial charge in [0.1, 0.15) is 0 Å². The maximum absolute atomic E-state index is 11.6. The van der Waals surface area contributed by atoms with Gasteiger partial charge < -0.3 is 10.0 Å². The van der Waals surface area contributed by atoms with E-state index in [0.29, 0.717) is 5.69 Å². The SMILES string of the molecule is CC(=O)N(CC(C)C(=O)O)c1ccc(S(N)(=O)=O)cc1. The quantitative estimate of drug-likeness (QED) is 0.816. The Morgan fingerprint density at radius 1 is 1.30 bits per heavy atom.